The molecule has 1 rings (SSSR count). The molecule has 0 heterocycles. The molecular formula is C14H27NO2. The Morgan fingerprint density at radius 2 is 1.88 bits per heavy atom. The van der Waals surface area contributed by atoms with Gasteiger partial charge in [0.2, 0.25) is 0 Å². The van der Waals surface area contributed by atoms with Crippen molar-refractivity contribution < 1.29 is 9.53 Å². The van der Waals surface area contributed by atoms with Gasteiger partial charge in [0, 0.05) is 6.04 Å². The highest BCUT2D eigenvalue weighted by molar-refractivity contribution is 5.72. The summed E-state index contributed by atoms with van der Waals surface area (Å²) in [6, 6.07) is 0.623. The van der Waals surface area contributed by atoms with Gasteiger partial charge >= 0.3 is 5.97 Å². The molecule has 0 aromatic carbocycles. The molecule has 3 heteroatoms. The van der Waals surface area contributed by atoms with E-state index in [4.69, 9.17) is 4.74 Å². The molecule has 0 atom stereocenters. The fraction of sp³-hybridized carbons (Fsp3) is 0.929. The van der Waals surface area contributed by atoms with E-state index < -0.39 is 0 Å². The van der Waals surface area contributed by atoms with E-state index >= 15 is 0 Å². The van der Waals surface area contributed by atoms with Gasteiger partial charge < -0.3 is 10.1 Å². The molecule has 1 aliphatic rings. The summed E-state index contributed by atoms with van der Waals surface area (Å²) in [5.41, 5.74) is 0. The van der Waals surface area contributed by atoms with Crippen LogP contribution in [0.5, 0.6) is 0 Å². The van der Waals surface area contributed by atoms with E-state index in [9.17, 15) is 4.79 Å². The van der Waals surface area contributed by atoms with Crippen molar-refractivity contribution in [3.05, 3.63) is 0 Å². The minimum atomic E-state index is 0.0110. The highest BCUT2D eigenvalue weighted by atomic mass is 16.5. The van der Waals surface area contributed by atoms with E-state index in [0.717, 1.165) is 32.2 Å². The molecule has 0 unspecified atom stereocenters. The molecule has 1 fully saturated rings. The average Bonchev–Trinajstić information content (AvgIpc) is 2.36. The Morgan fingerprint density at radius 3 is 2.47 bits per heavy atom. The first-order valence-corrected chi connectivity index (χ1v) is 7.18. The SMILES string of the molecule is CCCCCNC1CCC(C(=O)OCC)CC1. The maximum atomic E-state index is 11.6. The van der Waals surface area contributed by atoms with Gasteiger partial charge in [0.15, 0.2) is 0 Å². The number of carbonyl (C=O) groups is 1. The Morgan fingerprint density at radius 1 is 1.18 bits per heavy atom. The van der Waals surface area contributed by atoms with Gasteiger partial charge in [0.05, 0.1) is 12.5 Å². The molecular weight excluding hydrogens is 214 g/mol. The molecule has 1 saturated carbocycles. The lowest BCUT2D eigenvalue weighted by molar-refractivity contribution is -0.149. The lowest BCUT2D eigenvalue weighted by atomic mass is 9.86. The quantitative estimate of drug-likeness (QED) is 0.550. The van der Waals surface area contributed by atoms with Crippen molar-refractivity contribution in [3.8, 4) is 0 Å². The molecule has 100 valence electrons. The highest BCUT2D eigenvalue weighted by Gasteiger charge is 2.26. The lowest BCUT2D eigenvalue weighted by Gasteiger charge is -2.27. The predicted octanol–water partition coefficient (Wildman–Crippen LogP) is 2.89. The molecule has 0 saturated heterocycles. The summed E-state index contributed by atoms with van der Waals surface area (Å²) >= 11 is 0. The van der Waals surface area contributed by atoms with Crippen LogP contribution in [0.4, 0.5) is 0 Å². The zero-order valence-electron chi connectivity index (χ0n) is 11.3. The van der Waals surface area contributed by atoms with Crippen LogP contribution >= 0.6 is 0 Å². The van der Waals surface area contributed by atoms with Crippen LogP contribution in [-0.4, -0.2) is 25.2 Å². The lowest BCUT2D eigenvalue weighted by Crippen LogP contribution is -2.35. The van der Waals surface area contributed by atoms with Gasteiger partial charge in [-0.25, -0.2) is 0 Å². The number of nitrogens with one attached hydrogen (secondary N) is 1. The first kappa shape index (κ1) is 14.5. The van der Waals surface area contributed by atoms with Crippen molar-refractivity contribution in [2.75, 3.05) is 13.2 Å². The number of ether oxygens (including phenoxy) is 1. The van der Waals surface area contributed by atoms with Crippen LogP contribution in [0.15, 0.2) is 0 Å². The second kappa shape index (κ2) is 8.51. The molecule has 3 nitrogen and oxygen atoms in total. The minimum absolute atomic E-state index is 0.0110. The predicted molar refractivity (Wildman–Crippen MR) is 69.9 cm³/mol. The number of hydrogen-bond donors (Lipinski definition) is 1. The van der Waals surface area contributed by atoms with E-state index in [1.807, 2.05) is 6.92 Å². The summed E-state index contributed by atoms with van der Waals surface area (Å²) < 4.78 is 5.07. The van der Waals surface area contributed by atoms with E-state index in [-0.39, 0.29) is 11.9 Å². The van der Waals surface area contributed by atoms with E-state index in [0.29, 0.717) is 12.6 Å². The van der Waals surface area contributed by atoms with E-state index in [1.165, 1.54) is 19.3 Å². The summed E-state index contributed by atoms with van der Waals surface area (Å²) in [7, 11) is 0. The molecule has 17 heavy (non-hydrogen) atoms. The zero-order chi connectivity index (χ0) is 12.5. The smallest absolute Gasteiger partial charge is 0.308 e. The second-order valence-corrected chi connectivity index (χ2v) is 4.96. The Labute approximate surface area is 105 Å². The molecule has 0 bridgehead atoms. The number of esters is 1. The maximum absolute atomic E-state index is 11.6. The Hall–Kier alpha value is -0.570. The largest absolute Gasteiger partial charge is 0.466 e. The number of carbonyl (C=O) groups excluding carboxylic acids is 1. The van der Waals surface area contributed by atoms with Crippen molar-refractivity contribution in [2.24, 2.45) is 5.92 Å². The normalized spacial score (nSPS) is 24.6. The monoisotopic (exact) mass is 241 g/mol. The average molecular weight is 241 g/mol. The molecule has 1 aliphatic carbocycles. The standard InChI is InChI=1S/C14H27NO2/c1-3-5-6-11-15-13-9-7-12(8-10-13)14(16)17-4-2/h12-13,15H,3-11H2,1-2H3. The molecule has 0 aromatic rings. The van der Waals surface area contributed by atoms with Gasteiger partial charge in [0.25, 0.3) is 0 Å². The van der Waals surface area contributed by atoms with Crippen molar-refractivity contribution in [1.29, 1.82) is 0 Å². The van der Waals surface area contributed by atoms with Gasteiger partial charge in [-0.3, -0.25) is 4.79 Å². The first-order chi connectivity index (χ1) is 8.27. The number of unbranched alkanes of at least 4 members (excludes halogenated alkanes) is 2. The maximum Gasteiger partial charge on any atom is 0.308 e. The third-order valence-corrected chi connectivity index (χ3v) is 3.56. The van der Waals surface area contributed by atoms with Crippen LogP contribution in [0.3, 0.4) is 0 Å². The van der Waals surface area contributed by atoms with Crippen molar-refractivity contribution in [2.45, 2.75) is 64.8 Å². The molecule has 1 N–H and O–H groups in total. The van der Waals surface area contributed by atoms with Crippen LogP contribution < -0.4 is 5.32 Å². The third kappa shape index (κ3) is 5.53. The highest BCUT2D eigenvalue weighted by Crippen LogP contribution is 2.25. The van der Waals surface area contributed by atoms with Gasteiger partial charge in [-0.15, -0.1) is 0 Å². The van der Waals surface area contributed by atoms with Crippen molar-refractivity contribution in [1.82, 2.24) is 5.32 Å². The van der Waals surface area contributed by atoms with E-state index in [1.54, 1.807) is 0 Å². The van der Waals surface area contributed by atoms with Crippen LogP contribution in [0.1, 0.15) is 58.8 Å². The molecule has 0 spiro atoms. The summed E-state index contributed by atoms with van der Waals surface area (Å²) in [6.07, 6.45) is 8.08. The van der Waals surface area contributed by atoms with Gasteiger partial charge in [-0.05, 0) is 45.6 Å². The van der Waals surface area contributed by atoms with Crippen molar-refractivity contribution in [3.63, 3.8) is 0 Å². The molecule has 0 aliphatic heterocycles. The third-order valence-electron chi connectivity index (χ3n) is 3.56. The molecule has 0 aromatic heterocycles. The van der Waals surface area contributed by atoms with Gasteiger partial charge in [-0.2, -0.15) is 0 Å². The summed E-state index contributed by atoms with van der Waals surface area (Å²) in [5.74, 6) is 0.167. The van der Waals surface area contributed by atoms with E-state index in [2.05, 4.69) is 12.2 Å². The summed E-state index contributed by atoms with van der Waals surface area (Å²) in [6.45, 7) is 5.74. The number of rotatable bonds is 7. The van der Waals surface area contributed by atoms with Crippen molar-refractivity contribution >= 4 is 5.97 Å². The fourth-order valence-electron chi connectivity index (χ4n) is 2.47. The van der Waals surface area contributed by atoms with Crippen LogP contribution in [-0.2, 0) is 9.53 Å². The van der Waals surface area contributed by atoms with Gasteiger partial charge in [-0.1, -0.05) is 19.8 Å². The Bertz CT molecular complexity index is 210. The second-order valence-electron chi connectivity index (χ2n) is 4.96. The zero-order valence-corrected chi connectivity index (χ0v) is 11.3. The molecule has 0 amide bonds. The Balaban J connectivity index is 2.11. The first-order valence-electron chi connectivity index (χ1n) is 7.18. The Kier molecular flexibility index (Phi) is 7.25. The summed E-state index contributed by atoms with van der Waals surface area (Å²) in [4.78, 5) is 11.6. The minimum Gasteiger partial charge on any atom is -0.466 e. The van der Waals surface area contributed by atoms with Crippen LogP contribution in [0, 0.1) is 5.92 Å². The number of hydrogen-bond acceptors (Lipinski definition) is 3. The van der Waals surface area contributed by atoms with Crippen LogP contribution in [0.2, 0.25) is 0 Å². The van der Waals surface area contributed by atoms with Crippen LogP contribution in [0.25, 0.3) is 0 Å². The topological polar surface area (TPSA) is 38.3 Å². The van der Waals surface area contributed by atoms with Gasteiger partial charge in [0.1, 0.15) is 0 Å². The fourth-order valence-corrected chi connectivity index (χ4v) is 2.47. The summed E-state index contributed by atoms with van der Waals surface area (Å²) in [5, 5.41) is 3.60. The molecule has 0 radical (unpaired) electrons.